The molecule has 0 aliphatic heterocycles. The Kier molecular flexibility index (Phi) is 6.56. The second kappa shape index (κ2) is 7.68. The van der Waals surface area contributed by atoms with E-state index in [4.69, 9.17) is 0 Å². The minimum Gasteiger partial charge on any atom is -0.336 e. The van der Waals surface area contributed by atoms with E-state index in [-0.39, 0.29) is 5.91 Å². The first kappa shape index (κ1) is 16.2. The largest absolute Gasteiger partial charge is 0.336 e. The molecule has 0 radical (unpaired) electrons. The van der Waals surface area contributed by atoms with Crippen LogP contribution in [0.3, 0.4) is 0 Å². The van der Waals surface area contributed by atoms with E-state index in [2.05, 4.69) is 36.7 Å². The lowest BCUT2D eigenvalue weighted by Crippen LogP contribution is -2.39. The number of hydrogen-bond acceptors (Lipinski definition) is 1. The van der Waals surface area contributed by atoms with E-state index in [0.29, 0.717) is 6.04 Å². The summed E-state index contributed by atoms with van der Waals surface area (Å²) in [4.78, 5) is 14.6. The molecular formula is C16H24BrNO. The van der Waals surface area contributed by atoms with Gasteiger partial charge in [-0.1, -0.05) is 36.2 Å². The summed E-state index contributed by atoms with van der Waals surface area (Å²) in [6.45, 7) is 9.27. The highest BCUT2D eigenvalue weighted by Gasteiger charge is 2.20. The highest BCUT2D eigenvalue weighted by atomic mass is 79.9. The highest BCUT2D eigenvalue weighted by molar-refractivity contribution is 9.10. The van der Waals surface area contributed by atoms with Gasteiger partial charge < -0.3 is 4.90 Å². The molecule has 1 atom stereocenters. The van der Waals surface area contributed by atoms with Gasteiger partial charge in [-0.25, -0.2) is 0 Å². The predicted octanol–water partition coefficient (Wildman–Crippen LogP) is 4.80. The van der Waals surface area contributed by atoms with Crippen molar-refractivity contribution in [2.24, 2.45) is 0 Å². The van der Waals surface area contributed by atoms with Gasteiger partial charge in [-0.2, -0.15) is 0 Å². The molecule has 106 valence electrons. The van der Waals surface area contributed by atoms with Crippen LogP contribution < -0.4 is 0 Å². The van der Waals surface area contributed by atoms with Gasteiger partial charge in [-0.15, -0.1) is 0 Å². The average Bonchev–Trinajstić information content (AvgIpc) is 2.41. The molecule has 19 heavy (non-hydrogen) atoms. The van der Waals surface area contributed by atoms with Crippen LogP contribution in [0.25, 0.3) is 0 Å². The van der Waals surface area contributed by atoms with Crippen molar-refractivity contribution < 1.29 is 4.79 Å². The van der Waals surface area contributed by atoms with E-state index in [1.807, 2.05) is 30.0 Å². The quantitative estimate of drug-likeness (QED) is 0.735. The summed E-state index contributed by atoms with van der Waals surface area (Å²) >= 11 is 3.48. The van der Waals surface area contributed by atoms with Gasteiger partial charge in [0, 0.05) is 22.6 Å². The van der Waals surface area contributed by atoms with Crippen LogP contribution in [0.15, 0.2) is 22.7 Å². The average molecular weight is 326 g/mol. The topological polar surface area (TPSA) is 20.3 Å². The molecule has 0 saturated heterocycles. The Hall–Kier alpha value is -0.830. The second-order valence-electron chi connectivity index (χ2n) is 5.07. The molecule has 0 aliphatic carbocycles. The molecule has 0 aliphatic rings. The molecule has 0 bridgehead atoms. The lowest BCUT2D eigenvalue weighted by Gasteiger charge is -2.29. The van der Waals surface area contributed by atoms with Crippen LogP contribution in [0.2, 0.25) is 0 Å². The Morgan fingerprint density at radius 1 is 1.37 bits per heavy atom. The van der Waals surface area contributed by atoms with Crippen molar-refractivity contribution in [3.05, 3.63) is 33.8 Å². The molecule has 0 saturated carbocycles. The number of carbonyl (C=O) groups excluding carboxylic acids is 1. The van der Waals surface area contributed by atoms with Gasteiger partial charge in [0.1, 0.15) is 0 Å². The van der Waals surface area contributed by atoms with Crippen molar-refractivity contribution in [2.45, 2.75) is 53.0 Å². The second-order valence-corrected chi connectivity index (χ2v) is 5.93. The van der Waals surface area contributed by atoms with Crippen LogP contribution in [-0.4, -0.2) is 23.4 Å². The normalized spacial score (nSPS) is 12.3. The van der Waals surface area contributed by atoms with E-state index in [1.54, 1.807) is 0 Å². The van der Waals surface area contributed by atoms with Crippen LogP contribution in [0.4, 0.5) is 0 Å². The van der Waals surface area contributed by atoms with Crippen LogP contribution in [0.5, 0.6) is 0 Å². The van der Waals surface area contributed by atoms with E-state index in [0.717, 1.165) is 41.4 Å². The first-order chi connectivity index (χ1) is 9.01. The monoisotopic (exact) mass is 325 g/mol. The van der Waals surface area contributed by atoms with Gasteiger partial charge in [0.25, 0.3) is 5.91 Å². The van der Waals surface area contributed by atoms with Crippen molar-refractivity contribution in [3.8, 4) is 0 Å². The predicted molar refractivity (Wildman–Crippen MR) is 84.6 cm³/mol. The fourth-order valence-corrected chi connectivity index (χ4v) is 2.26. The van der Waals surface area contributed by atoms with Gasteiger partial charge in [0.15, 0.2) is 0 Å². The number of unbranched alkanes of at least 4 members (excludes halogenated alkanes) is 1. The fraction of sp³-hybridized carbons (Fsp3) is 0.562. The molecule has 2 nitrogen and oxygen atoms in total. The fourth-order valence-electron chi connectivity index (χ4n) is 2.01. The minimum absolute atomic E-state index is 0.151. The molecule has 0 N–H and O–H groups in total. The van der Waals surface area contributed by atoms with Crippen molar-refractivity contribution in [3.63, 3.8) is 0 Å². The van der Waals surface area contributed by atoms with Gasteiger partial charge >= 0.3 is 0 Å². The van der Waals surface area contributed by atoms with Gasteiger partial charge in [-0.3, -0.25) is 4.79 Å². The van der Waals surface area contributed by atoms with Gasteiger partial charge in [-0.05, 0) is 50.5 Å². The Balaban J connectivity index is 2.94. The van der Waals surface area contributed by atoms with E-state index < -0.39 is 0 Å². The number of rotatable bonds is 6. The summed E-state index contributed by atoms with van der Waals surface area (Å²) in [7, 11) is 0. The third-order valence-electron chi connectivity index (χ3n) is 3.54. The zero-order valence-electron chi connectivity index (χ0n) is 12.4. The number of nitrogens with zero attached hydrogens (tertiary/aromatic N) is 1. The highest BCUT2D eigenvalue weighted by Crippen LogP contribution is 2.19. The smallest absolute Gasteiger partial charge is 0.254 e. The van der Waals surface area contributed by atoms with Gasteiger partial charge in [0.2, 0.25) is 0 Å². The van der Waals surface area contributed by atoms with Crippen LogP contribution in [0.1, 0.15) is 56.0 Å². The SMILES string of the molecule is CCCCN(C(=O)c1ccc(Br)c(C)c1)C(C)CC. The molecule has 3 heteroatoms. The van der Waals surface area contributed by atoms with Crippen LogP contribution >= 0.6 is 15.9 Å². The third kappa shape index (κ3) is 4.34. The summed E-state index contributed by atoms with van der Waals surface area (Å²) in [5.74, 6) is 0.151. The first-order valence-electron chi connectivity index (χ1n) is 7.08. The lowest BCUT2D eigenvalue weighted by atomic mass is 10.1. The number of aryl methyl sites for hydroxylation is 1. The Morgan fingerprint density at radius 3 is 2.58 bits per heavy atom. The lowest BCUT2D eigenvalue weighted by molar-refractivity contribution is 0.0685. The van der Waals surface area contributed by atoms with Gasteiger partial charge in [0.05, 0.1) is 0 Å². The molecular weight excluding hydrogens is 302 g/mol. The molecule has 1 amide bonds. The molecule has 1 rings (SSSR count). The first-order valence-corrected chi connectivity index (χ1v) is 7.87. The van der Waals surface area contributed by atoms with Crippen LogP contribution in [0, 0.1) is 6.92 Å². The summed E-state index contributed by atoms with van der Waals surface area (Å²) in [6, 6.07) is 6.12. The molecule has 0 spiro atoms. The van der Waals surface area contributed by atoms with Crippen LogP contribution in [-0.2, 0) is 0 Å². The van der Waals surface area contributed by atoms with E-state index in [9.17, 15) is 4.79 Å². The third-order valence-corrected chi connectivity index (χ3v) is 4.43. The Bertz CT molecular complexity index is 431. The number of hydrogen-bond donors (Lipinski definition) is 0. The Labute approximate surface area is 125 Å². The number of halogens is 1. The standard InChI is InChI=1S/C16H24BrNO/c1-5-7-10-18(13(4)6-2)16(19)14-8-9-15(17)12(3)11-14/h8-9,11,13H,5-7,10H2,1-4H3. The molecule has 1 aromatic rings. The number of amides is 1. The summed E-state index contributed by atoms with van der Waals surface area (Å²) in [5.41, 5.74) is 1.89. The molecule has 0 aromatic heterocycles. The van der Waals surface area contributed by atoms with E-state index in [1.165, 1.54) is 0 Å². The maximum absolute atomic E-state index is 12.6. The zero-order valence-corrected chi connectivity index (χ0v) is 14.0. The summed E-state index contributed by atoms with van der Waals surface area (Å²) < 4.78 is 1.05. The van der Waals surface area contributed by atoms with E-state index >= 15 is 0 Å². The molecule has 0 fully saturated rings. The van der Waals surface area contributed by atoms with Crippen molar-refractivity contribution in [1.29, 1.82) is 0 Å². The Morgan fingerprint density at radius 2 is 2.05 bits per heavy atom. The minimum atomic E-state index is 0.151. The van der Waals surface area contributed by atoms with Crippen molar-refractivity contribution in [2.75, 3.05) is 6.54 Å². The molecule has 0 heterocycles. The maximum Gasteiger partial charge on any atom is 0.254 e. The number of benzene rings is 1. The number of carbonyl (C=O) groups is 1. The molecule has 1 unspecified atom stereocenters. The zero-order chi connectivity index (χ0) is 14.4. The summed E-state index contributed by atoms with van der Waals surface area (Å²) in [6.07, 6.45) is 3.16. The van der Waals surface area contributed by atoms with Crippen molar-refractivity contribution in [1.82, 2.24) is 4.90 Å². The van der Waals surface area contributed by atoms with Crippen molar-refractivity contribution >= 4 is 21.8 Å². The molecule has 1 aromatic carbocycles. The summed E-state index contributed by atoms with van der Waals surface area (Å²) in [5, 5.41) is 0. The maximum atomic E-state index is 12.6.